The molecule has 0 saturated heterocycles. The molecule has 0 fully saturated rings. The van der Waals surface area contributed by atoms with E-state index >= 15 is 0 Å². The first-order valence-corrected chi connectivity index (χ1v) is 11.1. The van der Waals surface area contributed by atoms with Gasteiger partial charge in [-0.1, -0.05) is 39.1 Å². The van der Waals surface area contributed by atoms with Crippen molar-refractivity contribution in [2.24, 2.45) is 0 Å². The predicted molar refractivity (Wildman–Crippen MR) is 99.7 cm³/mol. The Morgan fingerprint density at radius 1 is 1.03 bits per heavy atom. The molecule has 9 nitrogen and oxygen atoms in total. The van der Waals surface area contributed by atoms with Crippen molar-refractivity contribution in [1.82, 2.24) is 5.16 Å². The molecule has 1 atom stereocenters. The Hall–Kier alpha value is -1.55. The Balaban J connectivity index is 0. The Morgan fingerprint density at radius 3 is 1.68 bits per heavy atom. The van der Waals surface area contributed by atoms with Gasteiger partial charge in [0.2, 0.25) is 0 Å². The van der Waals surface area contributed by atoms with Gasteiger partial charge in [0.1, 0.15) is 6.10 Å². The van der Waals surface area contributed by atoms with Gasteiger partial charge in [-0.25, -0.2) is 16.8 Å². The fourth-order valence-electron chi connectivity index (χ4n) is 1.59. The SMILES string of the molecule is C#C[C@H](O)c1c(C)noc1-c1ccc(Br)cc1.O=S(=O)([O-])C(F)(F)F.O=S(=O)([O-])C(F)(F)F.[Zn+2]. The molecule has 2 rings (SSSR count). The van der Waals surface area contributed by atoms with E-state index in [-0.39, 0.29) is 19.5 Å². The molecular weight excluding hydrogens is 646 g/mol. The zero-order chi connectivity index (χ0) is 26.4. The summed E-state index contributed by atoms with van der Waals surface area (Å²) in [5, 5.41) is 13.6. The molecule has 1 N–H and O–H groups in total. The number of aromatic nitrogens is 1. The second-order valence-electron chi connectivity index (χ2n) is 5.39. The van der Waals surface area contributed by atoms with Crippen LogP contribution in [0.15, 0.2) is 33.3 Å². The minimum Gasteiger partial charge on any atom is -0.741 e. The molecule has 0 aliphatic carbocycles. The Bertz CT molecular complexity index is 1150. The average Bonchev–Trinajstić information content (AvgIpc) is 3.01. The van der Waals surface area contributed by atoms with E-state index in [0.29, 0.717) is 17.0 Å². The Kier molecular flexibility index (Phi) is 13.2. The van der Waals surface area contributed by atoms with E-state index in [9.17, 15) is 31.4 Å². The molecule has 0 amide bonds. The van der Waals surface area contributed by atoms with Crippen molar-refractivity contribution in [2.75, 3.05) is 0 Å². The zero-order valence-corrected chi connectivity index (χ0v) is 22.6. The molecular formula is C15H10BrF6NO8S2Zn. The third-order valence-electron chi connectivity index (χ3n) is 3.01. The van der Waals surface area contributed by atoms with Crippen LogP contribution in [0.5, 0.6) is 0 Å². The summed E-state index contributed by atoms with van der Waals surface area (Å²) in [6.45, 7) is 1.75. The van der Waals surface area contributed by atoms with Gasteiger partial charge in [0.05, 0.1) is 11.3 Å². The van der Waals surface area contributed by atoms with Gasteiger partial charge in [-0.3, -0.25) is 0 Å². The summed E-state index contributed by atoms with van der Waals surface area (Å²) in [6, 6.07) is 7.52. The first-order chi connectivity index (χ1) is 14.6. The molecule has 0 aliphatic heterocycles. The van der Waals surface area contributed by atoms with Gasteiger partial charge < -0.3 is 18.7 Å². The first kappa shape index (κ1) is 34.6. The van der Waals surface area contributed by atoms with Crippen molar-refractivity contribution in [2.45, 2.75) is 24.0 Å². The van der Waals surface area contributed by atoms with E-state index < -0.39 is 37.4 Å². The van der Waals surface area contributed by atoms with E-state index in [1.54, 1.807) is 6.92 Å². The molecule has 0 unspecified atom stereocenters. The van der Waals surface area contributed by atoms with Crippen LogP contribution < -0.4 is 0 Å². The van der Waals surface area contributed by atoms with Crippen LogP contribution >= 0.6 is 15.9 Å². The molecule has 1 aromatic carbocycles. The van der Waals surface area contributed by atoms with E-state index in [1.807, 2.05) is 24.3 Å². The number of aliphatic hydroxyl groups excluding tert-OH is 1. The largest absolute Gasteiger partial charge is 2.00 e. The van der Waals surface area contributed by atoms with Crippen LogP contribution in [0, 0.1) is 19.3 Å². The number of hydrogen-bond acceptors (Lipinski definition) is 9. The summed E-state index contributed by atoms with van der Waals surface area (Å²) in [6.07, 6.45) is 4.23. The minimum absolute atomic E-state index is 0. The molecule has 1 heterocycles. The van der Waals surface area contributed by atoms with E-state index in [4.69, 9.17) is 36.9 Å². The average molecular weight is 656 g/mol. The molecule has 186 valence electrons. The maximum Gasteiger partial charge on any atom is 2.00 e. The van der Waals surface area contributed by atoms with E-state index in [0.717, 1.165) is 10.0 Å². The summed E-state index contributed by atoms with van der Waals surface area (Å²) in [4.78, 5) is 0. The summed E-state index contributed by atoms with van der Waals surface area (Å²) < 4.78 is 124. The third-order valence-corrected chi connectivity index (χ3v) is 4.68. The molecule has 0 saturated carbocycles. The summed E-state index contributed by atoms with van der Waals surface area (Å²) in [5.74, 6) is 2.79. The van der Waals surface area contributed by atoms with Crippen molar-refractivity contribution in [3.05, 3.63) is 40.0 Å². The molecule has 0 spiro atoms. The van der Waals surface area contributed by atoms with Crippen LogP contribution in [-0.4, -0.2) is 47.2 Å². The zero-order valence-electron chi connectivity index (χ0n) is 16.4. The predicted octanol–water partition coefficient (Wildman–Crippen LogP) is 3.18. The van der Waals surface area contributed by atoms with Gasteiger partial charge in [0.15, 0.2) is 26.0 Å². The third kappa shape index (κ3) is 10.8. The molecule has 34 heavy (non-hydrogen) atoms. The van der Waals surface area contributed by atoms with Crippen molar-refractivity contribution >= 4 is 36.2 Å². The molecule has 0 bridgehead atoms. The van der Waals surface area contributed by atoms with Crippen LogP contribution in [0.25, 0.3) is 11.3 Å². The minimum atomic E-state index is -6.09. The number of benzene rings is 1. The fourth-order valence-corrected chi connectivity index (χ4v) is 1.86. The molecule has 0 aliphatic rings. The second-order valence-corrected chi connectivity index (χ2v) is 9.04. The monoisotopic (exact) mass is 653 g/mol. The van der Waals surface area contributed by atoms with Gasteiger partial charge >= 0.3 is 30.5 Å². The second kappa shape index (κ2) is 13.0. The quantitative estimate of drug-likeness (QED) is 0.169. The van der Waals surface area contributed by atoms with Crippen molar-refractivity contribution < 1.29 is 81.4 Å². The van der Waals surface area contributed by atoms with Crippen LogP contribution in [0.3, 0.4) is 0 Å². The van der Waals surface area contributed by atoms with Crippen LogP contribution in [0.2, 0.25) is 0 Å². The Morgan fingerprint density at radius 2 is 1.38 bits per heavy atom. The maximum atomic E-state index is 10.7. The van der Waals surface area contributed by atoms with Crippen molar-refractivity contribution in [3.63, 3.8) is 0 Å². The van der Waals surface area contributed by atoms with Gasteiger partial charge in [0, 0.05) is 10.0 Å². The molecule has 1 aromatic heterocycles. The van der Waals surface area contributed by atoms with Gasteiger partial charge in [-0.2, -0.15) is 26.3 Å². The maximum absolute atomic E-state index is 10.7. The van der Waals surface area contributed by atoms with Crippen molar-refractivity contribution in [3.8, 4) is 23.7 Å². The van der Waals surface area contributed by atoms with Crippen LogP contribution in [0.1, 0.15) is 17.4 Å². The number of aliphatic hydroxyl groups is 1. The molecule has 0 radical (unpaired) electrons. The number of terminal acetylenes is 1. The fraction of sp³-hybridized carbons (Fsp3) is 0.267. The van der Waals surface area contributed by atoms with Gasteiger partial charge in [0.25, 0.3) is 0 Å². The van der Waals surface area contributed by atoms with E-state index in [2.05, 4.69) is 27.0 Å². The van der Waals surface area contributed by atoms with Gasteiger partial charge in [-0.05, 0) is 19.1 Å². The van der Waals surface area contributed by atoms with Crippen LogP contribution in [-0.2, 0) is 39.7 Å². The van der Waals surface area contributed by atoms with Crippen molar-refractivity contribution in [1.29, 1.82) is 0 Å². The topological polar surface area (TPSA) is 161 Å². The summed E-state index contributed by atoms with van der Waals surface area (Å²) >= 11 is 3.36. The normalized spacial score (nSPS) is 12.6. The standard InChI is InChI=1S/C13H10BrNO2.2CHF3O3S.Zn/c1-3-11(16)12-8(2)15-17-13(12)9-4-6-10(14)7-5-9;2*2-1(3,4)8(5,6)7;/h1,4-7,11,16H,2H3;2*(H,5,6,7);/q;;;+2/p-2/t11-;;;/m0.../s1. The Labute approximate surface area is 209 Å². The first-order valence-electron chi connectivity index (χ1n) is 7.54. The van der Waals surface area contributed by atoms with E-state index in [1.165, 1.54) is 0 Å². The number of halogens is 7. The summed E-state index contributed by atoms with van der Waals surface area (Å²) in [5.41, 5.74) is -9.30. The molecule has 19 heteroatoms. The smallest absolute Gasteiger partial charge is 0.741 e. The number of aryl methyl sites for hydroxylation is 1. The van der Waals surface area contributed by atoms with Gasteiger partial charge in [-0.15, -0.1) is 6.42 Å². The number of alkyl halides is 6. The van der Waals surface area contributed by atoms with Crippen LogP contribution in [0.4, 0.5) is 26.3 Å². The number of nitrogens with zero attached hydrogens (tertiary/aromatic N) is 1. The molecule has 2 aromatic rings. The summed E-state index contributed by atoms with van der Waals surface area (Å²) in [7, 11) is -12.2. The number of rotatable bonds is 2. The number of hydrogen-bond donors (Lipinski definition) is 1.